The van der Waals surface area contributed by atoms with Crippen LogP contribution in [0.4, 0.5) is 0 Å². The van der Waals surface area contributed by atoms with Gasteiger partial charge in [-0.25, -0.2) is 0 Å². The highest BCUT2D eigenvalue weighted by Gasteiger charge is 2.37. The quantitative estimate of drug-likeness (QED) is 0.450. The molecule has 1 fully saturated rings. The minimum absolute atomic E-state index is 0.0649. The molecule has 0 aliphatic carbocycles. The molecule has 0 amide bonds. The monoisotopic (exact) mass is 175 g/mol. The van der Waals surface area contributed by atoms with Crippen LogP contribution in [0.1, 0.15) is 6.42 Å². The van der Waals surface area contributed by atoms with Crippen LogP contribution in [0.25, 0.3) is 0 Å². The minimum Gasteiger partial charge on any atom is -0.388 e. The molecule has 1 saturated heterocycles. The summed E-state index contributed by atoms with van der Waals surface area (Å²) < 4.78 is 4.89. The van der Waals surface area contributed by atoms with E-state index in [1.165, 1.54) is 0 Å². The molecule has 1 rings (SSSR count). The molecule has 5 heteroatoms. The van der Waals surface area contributed by atoms with Crippen LogP contribution in [0.2, 0.25) is 0 Å². The third kappa shape index (κ3) is 1.81. The number of carbonyl (C=O) groups excluding carboxylic acids is 1. The fourth-order valence-corrected chi connectivity index (χ4v) is 1.13. The molecule has 0 bridgehead atoms. The average molecular weight is 175 g/mol. The number of aliphatic hydroxyl groups excluding tert-OH is 3. The summed E-state index contributed by atoms with van der Waals surface area (Å²) in [7, 11) is 0. The molecule has 1 unspecified atom stereocenters. The molecule has 0 saturated carbocycles. The molecule has 0 aromatic heterocycles. The third-order valence-electron chi connectivity index (χ3n) is 1.89. The molecule has 0 aromatic rings. The van der Waals surface area contributed by atoms with Gasteiger partial charge >= 0.3 is 0 Å². The zero-order valence-electron chi connectivity index (χ0n) is 6.38. The van der Waals surface area contributed by atoms with E-state index >= 15 is 0 Å². The molecule has 0 spiro atoms. The zero-order valence-corrected chi connectivity index (χ0v) is 6.38. The molecule has 69 valence electrons. The highest BCUT2D eigenvalue weighted by molar-refractivity contribution is 5.51. The van der Waals surface area contributed by atoms with Gasteiger partial charge in [0.1, 0.15) is 18.3 Å². The molecule has 1 heterocycles. The van der Waals surface area contributed by atoms with Crippen LogP contribution in [-0.4, -0.2) is 52.6 Å². The Morgan fingerprint density at radius 3 is 2.58 bits per heavy atom. The van der Waals surface area contributed by atoms with E-state index in [-0.39, 0.29) is 13.0 Å². The highest BCUT2D eigenvalue weighted by atomic mass is 16.5. The predicted octanol–water partition coefficient (Wildman–Crippen LogP) is -2.03. The van der Waals surface area contributed by atoms with Gasteiger partial charge < -0.3 is 20.1 Å². The lowest BCUT2D eigenvalue weighted by molar-refractivity contribution is -0.184. The fourth-order valence-electron chi connectivity index (χ4n) is 1.13. The van der Waals surface area contributed by atoms with Crippen LogP contribution >= 0.6 is 0 Å². The van der Waals surface area contributed by atoms with E-state index in [4.69, 9.17) is 14.9 Å². The molecule has 1 aliphatic rings. The normalized spacial score (nSPS) is 42.6. The molecular weight excluding hydrogens is 164 g/mol. The Hall–Kier alpha value is -0.490. The Labute approximate surface area is 69.6 Å². The zero-order chi connectivity index (χ0) is 9.14. The van der Waals surface area contributed by atoms with E-state index < -0.39 is 24.4 Å². The first-order valence-electron chi connectivity index (χ1n) is 3.67. The van der Waals surface area contributed by atoms with Gasteiger partial charge in [-0.1, -0.05) is 0 Å². The van der Waals surface area contributed by atoms with Crippen LogP contribution in [0, 0.1) is 0 Å². The van der Waals surface area contributed by atoms with Crippen LogP contribution in [0.5, 0.6) is 0 Å². The Bertz CT molecular complexity index is 160. The van der Waals surface area contributed by atoms with Gasteiger partial charge in [0, 0.05) is 6.42 Å². The van der Waals surface area contributed by atoms with E-state index in [1.54, 1.807) is 6.29 Å². The van der Waals surface area contributed by atoms with Crippen molar-refractivity contribution in [3.8, 4) is 0 Å². The van der Waals surface area contributed by atoms with E-state index in [2.05, 4.69) is 0 Å². The van der Waals surface area contributed by atoms with Crippen molar-refractivity contribution in [1.29, 1.82) is 0 Å². The van der Waals surface area contributed by atoms with Gasteiger partial charge in [-0.2, -0.15) is 0 Å². The van der Waals surface area contributed by atoms with Crippen LogP contribution in [0.15, 0.2) is 0 Å². The van der Waals surface area contributed by atoms with E-state index in [0.29, 0.717) is 0 Å². The van der Waals surface area contributed by atoms with Crippen molar-refractivity contribution in [3.63, 3.8) is 0 Å². The lowest BCUT2D eigenvalue weighted by Gasteiger charge is -2.34. The summed E-state index contributed by atoms with van der Waals surface area (Å²) in [6.07, 6.45) is -2.80. The molecule has 4 atom stereocenters. The smallest absolute Gasteiger partial charge is 0.201 e. The number of hydrogen-bond donors (Lipinski definition) is 3. The Balaban J connectivity index is 2.52. The number of ether oxygens (including phenoxy) is 1. The summed E-state index contributed by atoms with van der Waals surface area (Å²) in [5.74, 6) is 0. The summed E-state index contributed by atoms with van der Waals surface area (Å²) >= 11 is 0. The van der Waals surface area contributed by atoms with Gasteiger partial charge in [0.25, 0.3) is 0 Å². The van der Waals surface area contributed by atoms with Crippen molar-refractivity contribution in [3.05, 3.63) is 0 Å². The second kappa shape index (κ2) is 3.95. The topological polar surface area (TPSA) is 87.0 Å². The first-order chi connectivity index (χ1) is 5.66. The Morgan fingerprint density at radius 2 is 2.00 bits per heavy atom. The SMILES string of the molecule is O=[C]CC1OC[C@@H](O)[C@H](O)[C@H]1O. The van der Waals surface area contributed by atoms with Crippen LogP contribution in [0.3, 0.4) is 0 Å². The number of rotatable bonds is 2. The summed E-state index contributed by atoms with van der Waals surface area (Å²) in [4.78, 5) is 9.95. The molecule has 0 aromatic carbocycles. The molecule has 12 heavy (non-hydrogen) atoms. The molecule has 3 N–H and O–H groups in total. The van der Waals surface area contributed by atoms with Gasteiger partial charge in [0.15, 0.2) is 0 Å². The fraction of sp³-hybridized carbons (Fsp3) is 0.857. The third-order valence-corrected chi connectivity index (χ3v) is 1.89. The van der Waals surface area contributed by atoms with Gasteiger partial charge in [-0.05, 0) is 0 Å². The summed E-state index contributed by atoms with van der Waals surface area (Å²) in [6, 6.07) is 0. The molecule has 5 nitrogen and oxygen atoms in total. The van der Waals surface area contributed by atoms with Gasteiger partial charge in [0.05, 0.1) is 12.7 Å². The van der Waals surface area contributed by atoms with E-state index in [0.717, 1.165) is 0 Å². The van der Waals surface area contributed by atoms with Crippen LogP contribution in [-0.2, 0) is 9.53 Å². The average Bonchev–Trinajstić information content (AvgIpc) is 2.07. The van der Waals surface area contributed by atoms with Crippen molar-refractivity contribution < 1.29 is 24.9 Å². The first kappa shape index (κ1) is 9.60. The van der Waals surface area contributed by atoms with Crippen molar-refractivity contribution in [2.75, 3.05) is 6.61 Å². The maximum atomic E-state index is 9.95. The van der Waals surface area contributed by atoms with Crippen molar-refractivity contribution >= 4 is 6.29 Å². The summed E-state index contributed by atoms with van der Waals surface area (Å²) in [5.41, 5.74) is 0. The standard InChI is InChI=1S/C7H11O5/c8-2-1-5-7(11)6(10)4(9)3-12-5/h4-7,9-11H,1,3H2/t4-,5?,6+,7+/m1/s1. The van der Waals surface area contributed by atoms with Gasteiger partial charge in [0.2, 0.25) is 6.29 Å². The lowest BCUT2D eigenvalue weighted by atomic mass is 9.98. The number of aliphatic hydroxyl groups is 3. The predicted molar refractivity (Wildman–Crippen MR) is 38.1 cm³/mol. The first-order valence-corrected chi connectivity index (χ1v) is 3.67. The van der Waals surface area contributed by atoms with Gasteiger partial charge in [-0.3, -0.25) is 4.79 Å². The van der Waals surface area contributed by atoms with Crippen LogP contribution < -0.4 is 0 Å². The maximum Gasteiger partial charge on any atom is 0.201 e. The lowest BCUT2D eigenvalue weighted by Crippen LogP contribution is -2.52. The summed E-state index contributed by atoms with van der Waals surface area (Å²) in [6.45, 7) is -0.0649. The maximum absolute atomic E-state index is 9.95. The van der Waals surface area contributed by atoms with Crippen molar-refractivity contribution in [2.24, 2.45) is 0 Å². The second-order valence-corrected chi connectivity index (χ2v) is 2.77. The molecule has 1 radical (unpaired) electrons. The minimum atomic E-state index is -1.24. The second-order valence-electron chi connectivity index (χ2n) is 2.77. The Kier molecular flexibility index (Phi) is 3.16. The van der Waals surface area contributed by atoms with Crippen molar-refractivity contribution in [1.82, 2.24) is 0 Å². The van der Waals surface area contributed by atoms with E-state index in [9.17, 15) is 9.90 Å². The highest BCUT2D eigenvalue weighted by Crippen LogP contribution is 2.16. The Morgan fingerprint density at radius 1 is 1.33 bits per heavy atom. The number of hydrogen-bond acceptors (Lipinski definition) is 5. The van der Waals surface area contributed by atoms with E-state index in [1.807, 2.05) is 0 Å². The molecule has 1 aliphatic heterocycles. The summed E-state index contributed by atoms with van der Waals surface area (Å²) in [5, 5.41) is 27.4. The van der Waals surface area contributed by atoms with Crippen molar-refractivity contribution in [2.45, 2.75) is 30.8 Å². The largest absolute Gasteiger partial charge is 0.388 e. The van der Waals surface area contributed by atoms with Gasteiger partial charge in [-0.15, -0.1) is 0 Å². The molecular formula is C7H11O5.